The van der Waals surface area contributed by atoms with Crippen LogP contribution in [0.15, 0.2) is 15.5 Å². The van der Waals surface area contributed by atoms with Crippen LogP contribution >= 0.6 is 27.7 Å². The van der Waals surface area contributed by atoms with Gasteiger partial charge >= 0.3 is 0 Å². The van der Waals surface area contributed by atoms with E-state index in [9.17, 15) is 4.79 Å². The van der Waals surface area contributed by atoms with Gasteiger partial charge in [-0.3, -0.25) is 4.79 Å². The van der Waals surface area contributed by atoms with Gasteiger partial charge in [-0.25, -0.2) is 4.68 Å². The second kappa shape index (κ2) is 7.31. The van der Waals surface area contributed by atoms with Gasteiger partial charge < -0.3 is 10.1 Å². The predicted octanol–water partition coefficient (Wildman–Crippen LogP) is 1.96. The molecule has 5 nitrogen and oxygen atoms in total. The summed E-state index contributed by atoms with van der Waals surface area (Å²) in [7, 11) is 1.61. The summed E-state index contributed by atoms with van der Waals surface area (Å²) in [5, 5.41) is 7.57. The van der Waals surface area contributed by atoms with Crippen molar-refractivity contribution in [1.82, 2.24) is 9.78 Å². The van der Waals surface area contributed by atoms with Crippen LogP contribution in [0.3, 0.4) is 0 Å². The zero-order chi connectivity index (χ0) is 13.7. The van der Waals surface area contributed by atoms with Gasteiger partial charge in [-0.1, -0.05) is 0 Å². The lowest BCUT2D eigenvalue weighted by Gasteiger charge is -2.24. The van der Waals surface area contributed by atoms with Crippen LogP contribution in [0.25, 0.3) is 0 Å². The van der Waals surface area contributed by atoms with Crippen LogP contribution in [0.1, 0.15) is 12.8 Å². The minimum atomic E-state index is -0.118. The normalized spacial score (nSPS) is 16.5. The maximum atomic E-state index is 12.1. The molecule has 0 radical (unpaired) electrons. The number of anilines is 1. The Hall–Kier alpha value is -0.530. The quantitative estimate of drug-likeness (QED) is 0.882. The Balaban J connectivity index is 2.09. The second-order valence-corrected chi connectivity index (χ2v) is 6.44. The first kappa shape index (κ1) is 14.9. The number of nitrogens with zero attached hydrogens (tertiary/aromatic N) is 2. The molecule has 1 fully saturated rings. The highest BCUT2D eigenvalue weighted by Crippen LogP contribution is 2.23. The number of halogens is 1. The fraction of sp³-hybridized carbons (Fsp3) is 0.667. The molecule has 0 bridgehead atoms. The molecule has 1 saturated heterocycles. The molecule has 0 spiro atoms. The first-order valence-electron chi connectivity index (χ1n) is 6.31. The fourth-order valence-electron chi connectivity index (χ4n) is 1.96. The average molecular weight is 348 g/mol. The highest BCUT2D eigenvalue weighted by Gasteiger charge is 2.16. The third kappa shape index (κ3) is 3.97. The summed E-state index contributed by atoms with van der Waals surface area (Å²) in [5.74, 6) is 2.35. The molecule has 0 atom stereocenters. The van der Waals surface area contributed by atoms with E-state index < -0.39 is 0 Å². The molecule has 7 heteroatoms. The first-order valence-corrected chi connectivity index (χ1v) is 8.26. The Bertz CT molecular complexity index is 475. The average Bonchev–Trinajstić information content (AvgIpc) is 2.44. The molecular formula is C12H18BrN3O2S. The minimum absolute atomic E-state index is 0.118. The Labute approximate surface area is 125 Å². The summed E-state index contributed by atoms with van der Waals surface area (Å²) in [4.78, 5) is 12.1. The molecule has 1 aromatic heterocycles. The summed E-state index contributed by atoms with van der Waals surface area (Å²) in [5.41, 5.74) is 0.669. The van der Waals surface area contributed by atoms with Crippen molar-refractivity contribution in [3.63, 3.8) is 0 Å². The molecule has 0 amide bonds. The second-order valence-electron chi connectivity index (χ2n) is 4.42. The van der Waals surface area contributed by atoms with E-state index in [0.29, 0.717) is 23.7 Å². The largest absolute Gasteiger partial charge is 0.383 e. The number of rotatable bonds is 5. The first-order chi connectivity index (χ1) is 9.22. The summed E-state index contributed by atoms with van der Waals surface area (Å²) < 4.78 is 6.92. The Morgan fingerprint density at radius 3 is 3.00 bits per heavy atom. The van der Waals surface area contributed by atoms with E-state index in [0.717, 1.165) is 18.5 Å². The van der Waals surface area contributed by atoms with Gasteiger partial charge in [0.2, 0.25) is 0 Å². The van der Waals surface area contributed by atoms with E-state index in [1.165, 1.54) is 16.2 Å². The standard InChI is InChI=1S/C12H18BrN3O2S/c1-18-5-4-16-12(17)11(13)10(8-14-16)15-9-2-6-19-7-3-9/h8-9,15H,2-7H2,1H3. The van der Waals surface area contributed by atoms with Crippen molar-refractivity contribution in [2.75, 3.05) is 30.5 Å². The van der Waals surface area contributed by atoms with Crippen molar-refractivity contribution in [3.05, 3.63) is 21.0 Å². The van der Waals surface area contributed by atoms with Gasteiger partial charge in [0.1, 0.15) is 4.47 Å². The minimum Gasteiger partial charge on any atom is -0.383 e. The maximum absolute atomic E-state index is 12.1. The molecule has 1 aliphatic rings. The molecule has 106 valence electrons. The number of hydrogen-bond acceptors (Lipinski definition) is 5. The Morgan fingerprint density at radius 2 is 2.32 bits per heavy atom. The van der Waals surface area contributed by atoms with Crippen LogP contribution in [0, 0.1) is 0 Å². The van der Waals surface area contributed by atoms with Gasteiger partial charge in [-0.05, 0) is 40.3 Å². The lowest BCUT2D eigenvalue weighted by molar-refractivity contribution is 0.181. The molecule has 1 N–H and O–H groups in total. The summed E-state index contributed by atoms with van der Waals surface area (Å²) >= 11 is 5.35. The number of thioether (sulfide) groups is 1. The van der Waals surface area contributed by atoms with E-state index in [4.69, 9.17) is 4.74 Å². The van der Waals surface area contributed by atoms with Gasteiger partial charge in [-0.15, -0.1) is 0 Å². The number of ether oxygens (including phenoxy) is 1. The third-order valence-corrected chi connectivity index (χ3v) is 4.89. The van der Waals surface area contributed by atoms with Crippen LogP contribution in [0.4, 0.5) is 5.69 Å². The highest BCUT2D eigenvalue weighted by atomic mass is 79.9. The van der Waals surface area contributed by atoms with Gasteiger partial charge in [0.25, 0.3) is 5.56 Å². The highest BCUT2D eigenvalue weighted by molar-refractivity contribution is 9.10. The predicted molar refractivity (Wildman–Crippen MR) is 82.0 cm³/mol. The maximum Gasteiger partial charge on any atom is 0.283 e. The van der Waals surface area contributed by atoms with Gasteiger partial charge in [-0.2, -0.15) is 16.9 Å². The van der Waals surface area contributed by atoms with Crippen LogP contribution in [-0.4, -0.2) is 41.0 Å². The van der Waals surface area contributed by atoms with Crippen molar-refractivity contribution < 1.29 is 4.74 Å². The molecule has 1 aliphatic heterocycles. The Morgan fingerprint density at radius 1 is 1.58 bits per heavy atom. The zero-order valence-electron chi connectivity index (χ0n) is 10.9. The lowest BCUT2D eigenvalue weighted by Crippen LogP contribution is -2.29. The van der Waals surface area contributed by atoms with Crippen LogP contribution in [-0.2, 0) is 11.3 Å². The van der Waals surface area contributed by atoms with E-state index in [1.54, 1.807) is 13.3 Å². The molecule has 19 heavy (non-hydrogen) atoms. The Kier molecular flexibility index (Phi) is 5.72. The van der Waals surface area contributed by atoms with Gasteiger partial charge in [0.05, 0.1) is 25.0 Å². The SMILES string of the molecule is COCCn1ncc(NC2CCSCC2)c(Br)c1=O. The topological polar surface area (TPSA) is 56.1 Å². The number of nitrogens with one attached hydrogen (secondary N) is 1. The van der Waals surface area contributed by atoms with Crippen LogP contribution in [0.5, 0.6) is 0 Å². The summed E-state index contributed by atoms with van der Waals surface area (Å²) in [6, 6.07) is 0.438. The molecule has 0 aliphatic carbocycles. The number of hydrogen-bond donors (Lipinski definition) is 1. The summed E-state index contributed by atoms with van der Waals surface area (Å²) in [6.45, 7) is 0.945. The van der Waals surface area contributed by atoms with Crippen molar-refractivity contribution >= 4 is 33.4 Å². The molecule has 0 unspecified atom stereocenters. The van der Waals surface area contributed by atoms with E-state index >= 15 is 0 Å². The molecular weight excluding hydrogens is 330 g/mol. The van der Waals surface area contributed by atoms with Gasteiger partial charge in [0.15, 0.2) is 0 Å². The van der Waals surface area contributed by atoms with Crippen molar-refractivity contribution in [1.29, 1.82) is 0 Å². The van der Waals surface area contributed by atoms with Crippen LogP contribution in [0.2, 0.25) is 0 Å². The zero-order valence-corrected chi connectivity index (χ0v) is 13.3. The third-order valence-electron chi connectivity index (χ3n) is 3.07. The fourth-order valence-corrected chi connectivity index (χ4v) is 3.49. The van der Waals surface area contributed by atoms with Crippen molar-refractivity contribution in [3.8, 4) is 0 Å². The molecule has 2 heterocycles. The smallest absolute Gasteiger partial charge is 0.283 e. The number of methoxy groups -OCH3 is 1. The molecule has 1 aromatic rings. The molecule has 2 rings (SSSR count). The number of aromatic nitrogens is 2. The van der Waals surface area contributed by atoms with Crippen LogP contribution < -0.4 is 10.9 Å². The summed E-state index contributed by atoms with van der Waals surface area (Å²) in [6.07, 6.45) is 3.97. The van der Waals surface area contributed by atoms with E-state index in [1.807, 2.05) is 11.8 Å². The molecule has 0 aromatic carbocycles. The van der Waals surface area contributed by atoms with E-state index in [2.05, 4.69) is 26.3 Å². The van der Waals surface area contributed by atoms with Crippen molar-refractivity contribution in [2.24, 2.45) is 0 Å². The lowest BCUT2D eigenvalue weighted by atomic mass is 10.1. The van der Waals surface area contributed by atoms with E-state index in [-0.39, 0.29) is 5.56 Å². The monoisotopic (exact) mass is 347 g/mol. The van der Waals surface area contributed by atoms with Crippen molar-refractivity contribution in [2.45, 2.75) is 25.4 Å². The molecule has 0 saturated carbocycles. The van der Waals surface area contributed by atoms with Gasteiger partial charge in [0, 0.05) is 13.2 Å².